The minimum atomic E-state index is -0.442. The monoisotopic (exact) mass is 478 g/mol. The van der Waals surface area contributed by atoms with Crippen LogP contribution in [-0.4, -0.2) is 0 Å². The van der Waals surface area contributed by atoms with Crippen LogP contribution in [0.5, 0.6) is 0 Å². The second-order valence-electron chi connectivity index (χ2n) is 4.93. The summed E-state index contributed by atoms with van der Waals surface area (Å²) in [4.78, 5) is 0. The van der Waals surface area contributed by atoms with Crippen molar-refractivity contribution in [1.82, 2.24) is 0 Å². The molecule has 2 heteroatoms. The topological polar surface area (TPSA) is 0 Å². The number of halogens is 1. The normalized spacial score (nSPS) is 10.4. The van der Waals surface area contributed by atoms with Crippen LogP contribution in [0, 0.1) is 0 Å². The fraction of sp³-hybridized carbons (Fsp3) is 1.00. The van der Waals surface area contributed by atoms with Gasteiger partial charge in [0.2, 0.25) is 0 Å². The Bertz CT molecular complexity index is 103. The van der Waals surface area contributed by atoms with E-state index in [2.05, 4.69) is 18.8 Å². The van der Waals surface area contributed by atoms with Gasteiger partial charge in [-0.15, -0.1) is 0 Å². The Morgan fingerprint density at radius 1 is 0.625 bits per heavy atom. The van der Waals surface area contributed by atoms with E-state index in [0.717, 1.165) is 0 Å². The average Bonchev–Trinajstić information content (AvgIpc) is 2.31. The van der Waals surface area contributed by atoms with E-state index >= 15 is 0 Å². The Balaban J connectivity index is 2.83. The van der Waals surface area contributed by atoms with Gasteiger partial charge in [0, 0.05) is 0 Å². The molecule has 0 radical (unpaired) electrons. The number of hydrogen-bond donors (Lipinski definition) is 0. The summed E-state index contributed by atoms with van der Waals surface area (Å²) in [6.07, 6.45) is 17.7. The summed E-state index contributed by atoms with van der Waals surface area (Å²) < 4.78 is 1.58. The van der Waals surface area contributed by atoms with Crippen LogP contribution >= 0.6 is 11.9 Å². The van der Waals surface area contributed by atoms with Crippen molar-refractivity contribution in [3.05, 3.63) is 0 Å². The van der Waals surface area contributed by atoms with Gasteiger partial charge in [0.1, 0.15) is 0 Å². The molecule has 0 aromatic rings. The molecule has 0 rings (SSSR count). The van der Waals surface area contributed by atoms with Crippen molar-refractivity contribution in [2.24, 2.45) is 0 Å². The Kier molecular flexibility index (Phi) is 17.9. The van der Waals surface area contributed by atoms with Crippen LogP contribution in [0.2, 0.25) is 3.93 Å². The second-order valence-corrected chi connectivity index (χ2v) is 16.1. The third-order valence-corrected chi connectivity index (χ3v) is 11.1. The zero-order chi connectivity index (χ0) is 11.9. The van der Waals surface area contributed by atoms with Gasteiger partial charge in [-0.3, -0.25) is 0 Å². The van der Waals surface area contributed by atoms with Crippen molar-refractivity contribution in [3.8, 4) is 0 Å². The molecule has 0 spiro atoms. The van der Waals surface area contributed by atoms with Crippen molar-refractivity contribution in [2.45, 2.75) is 87.9 Å². The van der Waals surface area contributed by atoms with Crippen LogP contribution in [0.1, 0.15) is 84.0 Å². The van der Waals surface area contributed by atoms with E-state index in [9.17, 15) is 0 Å². The van der Waals surface area contributed by atoms with Crippen LogP contribution in [0.4, 0.5) is 0 Å². The van der Waals surface area contributed by atoms with E-state index in [4.69, 9.17) is 0 Å². The Labute approximate surface area is 121 Å². The molecule has 0 unspecified atom stereocenters. The van der Waals surface area contributed by atoms with Crippen LogP contribution in [0.3, 0.4) is 0 Å². The van der Waals surface area contributed by atoms with Crippen molar-refractivity contribution >= 4 is 11.9 Å². The van der Waals surface area contributed by atoms with E-state index in [-0.39, 0.29) is 0 Å². The van der Waals surface area contributed by atoms with Gasteiger partial charge in [0.25, 0.3) is 0 Å². The maximum absolute atomic E-state index is 3.70. The molecule has 0 aromatic heterocycles. The van der Waals surface area contributed by atoms with Gasteiger partial charge in [-0.05, 0) is 0 Å². The van der Waals surface area contributed by atoms with Crippen LogP contribution in [-0.2, 0) is 22.1 Å². The summed E-state index contributed by atoms with van der Waals surface area (Å²) in [5, 5.41) is 0. The first-order valence-electron chi connectivity index (χ1n) is 7.47. The third-order valence-electron chi connectivity index (χ3n) is 3.24. The molecule has 0 nitrogen and oxygen atoms in total. The van der Waals surface area contributed by atoms with Gasteiger partial charge in [-0.25, -0.2) is 0 Å². The summed E-state index contributed by atoms with van der Waals surface area (Å²) in [7, 11) is 0. The second kappa shape index (κ2) is 16.4. The van der Waals surface area contributed by atoms with Crippen molar-refractivity contribution in [2.75, 3.05) is 0 Å². The quantitative estimate of drug-likeness (QED) is 0.210. The van der Waals surface area contributed by atoms with Gasteiger partial charge in [-0.2, -0.15) is 0 Å². The average molecular weight is 478 g/mol. The van der Waals surface area contributed by atoms with Crippen molar-refractivity contribution < 1.29 is 22.1 Å². The molecule has 0 atom stereocenters. The molecular weight excluding hydrogens is 449 g/mol. The van der Waals surface area contributed by atoms with E-state index in [1.54, 1.807) is 3.93 Å². The van der Waals surface area contributed by atoms with Crippen LogP contribution < -0.4 is 0 Å². The summed E-state index contributed by atoms with van der Waals surface area (Å²) in [5.74, 6) is 0. The first kappa shape index (κ1) is 17.4. The molecule has 0 bridgehead atoms. The number of unbranched alkanes of at least 4 members (excludes halogenated alkanes) is 11. The molecular formula is C14H29BrHg. The molecule has 16 heavy (non-hydrogen) atoms. The Morgan fingerprint density at radius 3 is 1.38 bits per heavy atom. The zero-order valence-corrected chi connectivity index (χ0v) is 18.4. The van der Waals surface area contributed by atoms with E-state index in [1.807, 2.05) is 0 Å². The third kappa shape index (κ3) is 15.4. The fourth-order valence-electron chi connectivity index (χ4n) is 2.11. The zero-order valence-electron chi connectivity index (χ0n) is 11.3. The molecule has 0 aliphatic heterocycles. The van der Waals surface area contributed by atoms with Gasteiger partial charge in [-0.1, -0.05) is 13.3 Å². The minimum absolute atomic E-state index is 0.442. The molecule has 94 valence electrons. The van der Waals surface area contributed by atoms with E-state index in [0.29, 0.717) is 0 Å². The van der Waals surface area contributed by atoms with Gasteiger partial charge < -0.3 is 0 Å². The fourth-order valence-corrected chi connectivity index (χ4v) is 7.70. The molecule has 0 N–H and O–H groups in total. The van der Waals surface area contributed by atoms with Crippen LogP contribution in [0.25, 0.3) is 0 Å². The SMILES string of the molecule is CCCCCCCCCCCCC[CH2][Hg][Br]. The molecule has 0 fully saturated rings. The molecule has 0 amide bonds. The summed E-state index contributed by atoms with van der Waals surface area (Å²) in [6.45, 7) is 2.29. The van der Waals surface area contributed by atoms with Crippen molar-refractivity contribution in [1.29, 1.82) is 0 Å². The van der Waals surface area contributed by atoms with E-state index < -0.39 is 22.1 Å². The molecule has 0 aliphatic carbocycles. The maximum atomic E-state index is 3.70. The predicted molar refractivity (Wildman–Crippen MR) is 74.8 cm³/mol. The van der Waals surface area contributed by atoms with Gasteiger partial charge in [0.15, 0.2) is 0 Å². The predicted octanol–water partition coefficient (Wildman–Crippen LogP) is 6.50. The van der Waals surface area contributed by atoms with Gasteiger partial charge >= 0.3 is 109 Å². The molecule has 0 saturated carbocycles. The molecule has 0 heterocycles. The Morgan fingerprint density at radius 2 is 1.00 bits per heavy atom. The summed E-state index contributed by atoms with van der Waals surface area (Å²) in [5.41, 5.74) is 0. The standard InChI is InChI=1S/C14H29.BrH.Hg/c1-3-5-7-9-11-13-14-12-10-8-6-4-2;;/h1,3-14H2,2H3;1H;/q;;+1/p-1. The first-order chi connectivity index (χ1) is 7.91. The first-order valence-corrected chi connectivity index (χ1v) is 23.3. The Hall–Kier alpha value is 1.42. The number of hydrogen-bond acceptors (Lipinski definition) is 0. The van der Waals surface area contributed by atoms with E-state index in [1.165, 1.54) is 77.0 Å². The van der Waals surface area contributed by atoms with Gasteiger partial charge in [0.05, 0.1) is 0 Å². The molecule has 0 aromatic carbocycles. The summed E-state index contributed by atoms with van der Waals surface area (Å²) in [6, 6.07) is 0. The van der Waals surface area contributed by atoms with Crippen molar-refractivity contribution in [3.63, 3.8) is 0 Å². The molecule has 0 saturated heterocycles. The molecule has 0 aliphatic rings. The summed E-state index contributed by atoms with van der Waals surface area (Å²) >= 11 is 3.26. The number of rotatable bonds is 13. The van der Waals surface area contributed by atoms with Crippen LogP contribution in [0.15, 0.2) is 0 Å².